The zero-order chi connectivity index (χ0) is 31.2. The third-order valence-corrected chi connectivity index (χ3v) is 8.96. The lowest BCUT2D eigenvalue weighted by Gasteiger charge is -2.11. The molecule has 0 N–H and O–H groups in total. The molecule has 0 atom stereocenters. The van der Waals surface area contributed by atoms with Crippen LogP contribution < -0.4 is 0 Å². The molecule has 0 saturated heterocycles. The Kier molecular flexibility index (Phi) is 6.43. The van der Waals surface area contributed by atoms with Crippen molar-refractivity contribution in [3.8, 4) is 50.7 Å². The van der Waals surface area contributed by atoms with Gasteiger partial charge in [0.15, 0.2) is 11.6 Å². The van der Waals surface area contributed by atoms with Crippen molar-refractivity contribution in [3.63, 3.8) is 0 Å². The maximum atomic E-state index is 4.91. The van der Waals surface area contributed by atoms with Crippen molar-refractivity contribution in [1.82, 2.24) is 19.5 Å². The van der Waals surface area contributed by atoms with Crippen molar-refractivity contribution in [2.45, 2.75) is 0 Å². The molecule has 0 bridgehead atoms. The molecule has 0 amide bonds. The summed E-state index contributed by atoms with van der Waals surface area (Å²) in [4.78, 5) is 14.0. The first-order valence-electron chi connectivity index (χ1n) is 15.8. The molecular weight excluding hydrogens is 573 g/mol. The monoisotopic (exact) mass is 600 g/mol. The first kappa shape index (κ1) is 27.0. The second kappa shape index (κ2) is 11.2. The minimum atomic E-state index is 0.645. The van der Waals surface area contributed by atoms with E-state index in [1.807, 2.05) is 6.07 Å². The summed E-state index contributed by atoms with van der Waals surface area (Å²) < 4.78 is 2.37. The summed E-state index contributed by atoms with van der Waals surface area (Å²) in [6.07, 6.45) is 1.60. The standard InChI is InChI=1S/C43H28N4/c1-2-9-29(10-3-1)30-17-19-31(20-18-30)34-12-8-13-35(27-34)43-45-28-44-42(46-43)33-21-24-36(25-22-33)47-40-16-7-6-15-38(40)39-26-23-32-11-4-5-14-37(32)41(39)47/h1-28H. The predicted molar refractivity (Wildman–Crippen MR) is 193 cm³/mol. The van der Waals surface area contributed by atoms with Crippen LogP contribution in [-0.2, 0) is 0 Å². The highest BCUT2D eigenvalue weighted by Gasteiger charge is 2.15. The molecule has 0 aliphatic heterocycles. The molecule has 47 heavy (non-hydrogen) atoms. The number of benzene rings is 7. The predicted octanol–water partition coefficient (Wildman–Crippen LogP) is 10.8. The number of fused-ring (bicyclic) bond motifs is 5. The van der Waals surface area contributed by atoms with Gasteiger partial charge in [0, 0.05) is 33.0 Å². The third kappa shape index (κ3) is 4.75. The molecule has 4 nitrogen and oxygen atoms in total. The van der Waals surface area contributed by atoms with Crippen molar-refractivity contribution in [1.29, 1.82) is 0 Å². The van der Waals surface area contributed by atoms with Gasteiger partial charge in [-0.15, -0.1) is 0 Å². The quantitative estimate of drug-likeness (QED) is 0.197. The molecule has 2 aromatic heterocycles. The molecule has 9 aromatic rings. The maximum absolute atomic E-state index is 4.91. The first-order chi connectivity index (χ1) is 23.3. The van der Waals surface area contributed by atoms with Gasteiger partial charge >= 0.3 is 0 Å². The molecule has 9 rings (SSSR count). The largest absolute Gasteiger partial charge is 0.309 e. The van der Waals surface area contributed by atoms with Gasteiger partial charge in [0.1, 0.15) is 6.33 Å². The lowest BCUT2D eigenvalue weighted by molar-refractivity contribution is 1.06. The van der Waals surface area contributed by atoms with Gasteiger partial charge in [-0.05, 0) is 64.0 Å². The van der Waals surface area contributed by atoms with E-state index in [0.717, 1.165) is 27.9 Å². The maximum Gasteiger partial charge on any atom is 0.163 e. The Bertz CT molecular complexity index is 2550. The molecule has 0 spiro atoms. The van der Waals surface area contributed by atoms with Gasteiger partial charge in [-0.1, -0.05) is 127 Å². The smallest absolute Gasteiger partial charge is 0.163 e. The molecule has 220 valence electrons. The Morgan fingerprint density at radius 3 is 1.79 bits per heavy atom. The normalized spacial score (nSPS) is 11.4. The number of aromatic nitrogens is 4. The molecular formula is C43H28N4. The average molecular weight is 601 g/mol. The van der Waals surface area contributed by atoms with Gasteiger partial charge in [0.2, 0.25) is 0 Å². The van der Waals surface area contributed by atoms with Crippen LogP contribution in [0.2, 0.25) is 0 Å². The van der Waals surface area contributed by atoms with Gasteiger partial charge < -0.3 is 4.57 Å². The lowest BCUT2D eigenvalue weighted by atomic mass is 9.99. The van der Waals surface area contributed by atoms with Crippen molar-refractivity contribution in [2.24, 2.45) is 0 Å². The molecule has 0 radical (unpaired) electrons. The van der Waals surface area contributed by atoms with E-state index in [4.69, 9.17) is 4.98 Å². The van der Waals surface area contributed by atoms with Crippen LogP contribution in [-0.4, -0.2) is 19.5 Å². The van der Waals surface area contributed by atoms with Gasteiger partial charge in [-0.3, -0.25) is 0 Å². The van der Waals surface area contributed by atoms with Gasteiger partial charge in [0.25, 0.3) is 0 Å². The summed E-state index contributed by atoms with van der Waals surface area (Å²) in [5.41, 5.74) is 10.1. The van der Waals surface area contributed by atoms with Crippen LogP contribution in [0.15, 0.2) is 170 Å². The number of nitrogens with zero attached hydrogens (tertiary/aromatic N) is 4. The van der Waals surface area contributed by atoms with E-state index in [1.54, 1.807) is 6.33 Å². The highest BCUT2D eigenvalue weighted by molar-refractivity contribution is 6.18. The Balaban J connectivity index is 1.06. The van der Waals surface area contributed by atoms with E-state index < -0.39 is 0 Å². The molecule has 0 fully saturated rings. The summed E-state index contributed by atoms with van der Waals surface area (Å²) >= 11 is 0. The van der Waals surface area contributed by atoms with Crippen molar-refractivity contribution in [3.05, 3.63) is 170 Å². The molecule has 7 aromatic carbocycles. The van der Waals surface area contributed by atoms with E-state index in [2.05, 4.69) is 172 Å². The van der Waals surface area contributed by atoms with Crippen molar-refractivity contribution >= 4 is 32.6 Å². The second-order valence-corrected chi connectivity index (χ2v) is 11.7. The molecule has 0 unspecified atom stereocenters. The van der Waals surface area contributed by atoms with E-state index in [1.165, 1.54) is 43.7 Å². The second-order valence-electron chi connectivity index (χ2n) is 11.7. The van der Waals surface area contributed by atoms with E-state index in [9.17, 15) is 0 Å². The van der Waals surface area contributed by atoms with Crippen molar-refractivity contribution in [2.75, 3.05) is 0 Å². The number of hydrogen-bond donors (Lipinski definition) is 0. The first-order valence-corrected chi connectivity index (χ1v) is 15.8. The number of hydrogen-bond acceptors (Lipinski definition) is 3. The van der Waals surface area contributed by atoms with E-state index in [0.29, 0.717) is 11.6 Å². The Hall–Kier alpha value is -6.39. The fourth-order valence-corrected chi connectivity index (χ4v) is 6.66. The minimum Gasteiger partial charge on any atom is -0.309 e. The highest BCUT2D eigenvalue weighted by atomic mass is 15.0. The zero-order valence-electron chi connectivity index (χ0n) is 25.5. The Labute approximate surface area is 272 Å². The summed E-state index contributed by atoms with van der Waals surface area (Å²) in [5.74, 6) is 1.29. The minimum absolute atomic E-state index is 0.645. The third-order valence-electron chi connectivity index (χ3n) is 8.96. The van der Waals surface area contributed by atoms with Gasteiger partial charge in [0.05, 0.1) is 11.0 Å². The summed E-state index contributed by atoms with van der Waals surface area (Å²) in [5, 5.41) is 4.96. The van der Waals surface area contributed by atoms with Crippen molar-refractivity contribution < 1.29 is 0 Å². The Morgan fingerprint density at radius 1 is 0.383 bits per heavy atom. The SMILES string of the molecule is c1ccc(-c2ccc(-c3cccc(-c4ncnc(-c5ccc(-n6c7ccccc7c7ccc8ccccc8c76)cc5)n4)c3)cc2)cc1. The highest BCUT2D eigenvalue weighted by Crippen LogP contribution is 2.37. The molecule has 0 aliphatic carbocycles. The molecule has 0 saturated carbocycles. The van der Waals surface area contributed by atoms with Crippen LogP contribution in [0.3, 0.4) is 0 Å². The topological polar surface area (TPSA) is 43.6 Å². The molecule has 0 aliphatic rings. The van der Waals surface area contributed by atoms with Crippen LogP contribution in [0.5, 0.6) is 0 Å². The summed E-state index contributed by atoms with van der Waals surface area (Å²) in [7, 11) is 0. The molecule has 4 heteroatoms. The number of rotatable bonds is 5. The zero-order valence-corrected chi connectivity index (χ0v) is 25.5. The summed E-state index contributed by atoms with van der Waals surface area (Å²) in [6, 6.07) is 57.7. The van der Waals surface area contributed by atoms with Crippen LogP contribution in [0.4, 0.5) is 0 Å². The number of para-hydroxylation sites is 1. The van der Waals surface area contributed by atoms with Crippen LogP contribution >= 0.6 is 0 Å². The van der Waals surface area contributed by atoms with Crippen LogP contribution in [0.1, 0.15) is 0 Å². The van der Waals surface area contributed by atoms with Crippen LogP contribution in [0.25, 0.3) is 83.3 Å². The Morgan fingerprint density at radius 2 is 0.979 bits per heavy atom. The summed E-state index contributed by atoms with van der Waals surface area (Å²) in [6.45, 7) is 0. The average Bonchev–Trinajstić information content (AvgIpc) is 3.50. The van der Waals surface area contributed by atoms with E-state index in [-0.39, 0.29) is 0 Å². The van der Waals surface area contributed by atoms with Crippen LogP contribution in [0, 0.1) is 0 Å². The lowest BCUT2D eigenvalue weighted by Crippen LogP contribution is -1.97. The fraction of sp³-hybridized carbons (Fsp3) is 0. The van der Waals surface area contributed by atoms with Gasteiger partial charge in [-0.2, -0.15) is 0 Å². The fourth-order valence-electron chi connectivity index (χ4n) is 6.66. The van der Waals surface area contributed by atoms with Gasteiger partial charge in [-0.25, -0.2) is 15.0 Å². The molecule has 2 heterocycles. The van der Waals surface area contributed by atoms with E-state index >= 15 is 0 Å².